The van der Waals surface area contributed by atoms with Crippen molar-refractivity contribution in [3.63, 3.8) is 0 Å². The Balaban J connectivity index is 1.88. The molecule has 0 atom stereocenters. The summed E-state index contributed by atoms with van der Waals surface area (Å²) in [5.74, 6) is -0.758. The van der Waals surface area contributed by atoms with Crippen molar-refractivity contribution in [1.82, 2.24) is 20.0 Å². The van der Waals surface area contributed by atoms with Crippen LogP contribution >= 0.6 is 11.3 Å². The molecule has 7 nitrogen and oxygen atoms in total. The topological polar surface area (TPSA) is 78.4 Å². The molecule has 1 aliphatic rings. The first kappa shape index (κ1) is 17.4. The fourth-order valence-corrected chi connectivity index (χ4v) is 2.83. The molecule has 1 fully saturated rings. The largest absolute Gasteiger partial charge is 0.445 e. The molecule has 23 heavy (non-hydrogen) atoms. The predicted octanol–water partition coefficient (Wildman–Crippen LogP) is 1.89. The second kappa shape index (κ2) is 6.69. The zero-order valence-electron chi connectivity index (χ0n) is 12.6. The van der Waals surface area contributed by atoms with Crippen molar-refractivity contribution in [3.05, 3.63) is 5.01 Å². The Labute approximate surface area is 134 Å². The number of anilines is 1. The van der Waals surface area contributed by atoms with Gasteiger partial charge in [-0.2, -0.15) is 13.2 Å². The number of nitrogens with zero attached hydrogens (tertiary/aromatic N) is 4. The minimum atomic E-state index is -4.57. The average Bonchev–Trinajstić information content (AvgIpc) is 2.95. The summed E-state index contributed by atoms with van der Waals surface area (Å²) in [5, 5.41) is 7.43. The molecule has 2 heterocycles. The number of carbonyl (C=O) groups is 2. The van der Waals surface area contributed by atoms with Gasteiger partial charge in [0.25, 0.3) is 0 Å². The van der Waals surface area contributed by atoms with E-state index in [-0.39, 0.29) is 17.1 Å². The van der Waals surface area contributed by atoms with Crippen molar-refractivity contribution in [3.8, 4) is 0 Å². The number of alkyl halides is 3. The van der Waals surface area contributed by atoms with Crippen LogP contribution in [0.5, 0.6) is 0 Å². The second-order valence-corrected chi connectivity index (χ2v) is 6.32. The van der Waals surface area contributed by atoms with Crippen LogP contribution in [0.2, 0.25) is 0 Å². The highest BCUT2D eigenvalue weighted by atomic mass is 32.1. The van der Waals surface area contributed by atoms with Crippen molar-refractivity contribution in [2.45, 2.75) is 19.0 Å². The molecule has 0 spiro atoms. The Kier molecular flexibility index (Phi) is 5.07. The number of hydrogen-bond donors (Lipinski definition) is 1. The summed E-state index contributed by atoms with van der Waals surface area (Å²) < 4.78 is 37.3. The van der Waals surface area contributed by atoms with Crippen molar-refractivity contribution in [2.75, 3.05) is 32.5 Å². The van der Waals surface area contributed by atoms with E-state index < -0.39 is 17.1 Å². The van der Waals surface area contributed by atoms with E-state index in [2.05, 4.69) is 15.5 Å². The van der Waals surface area contributed by atoms with Crippen LogP contribution in [0.1, 0.15) is 17.8 Å². The van der Waals surface area contributed by atoms with E-state index in [9.17, 15) is 22.8 Å². The van der Waals surface area contributed by atoms with Gasteiger partial charge in [-0.05, 0) is 12.8 Å². The monoisotopic (exact) mass is 351 g/mol. The van der Waals surface area contributed by atoms with E-state index >= 15 is 0 Å². The van der Waals surface area contributed by atoms with Gasteiger partial charge in [-0.3, -0.25) is 4.79 Å². The van der Waals surface area contributed by atoms with Gasteiger partial charge < -0.3 is 15.1 Å². The third-order valence-electron chi connectivity index (χ3n) is 3.42. The van der Waals surface area contributed by atoms with Gasteiger partial charge in [-0.25, -0.2) is 4.79 Å². The van der Waals surface area contributed by atoms with Crippen LogP contribution in [0.15, 0.2) is 0 Å². The third-order valence-corrected chi connectivity index (χ3v) is 4.30. The van der Waals surface area contributed by atoms with Crippen LogP contribution in [0.4, 0.5) is 23.1 Å². The van der Waals surface area contributed by atoms with Gasteiger partial charge in [0, 0.05) is 33.1 Å². The standard InChI is InChI=1S/C12H16F3N5O2S/c1-19(2)11(22)20-5-3-7(4-6-20)8(21)16-10-18-17-9(23-10)12(13,14)15/h7H,3-6H2,1-2H3,(H,16,18,21). The molecule has 11 heteroatoms. The van der Waals surface area contributed by atoms with Gasteiger partial charge in [0.2, 0.25) is 16.0 Å². The fourth-order valence-electron chi connectivity index (χ4n) is 2.21. The summed E-state index contributed by atoms with van der Waals surface area (Å²) in [4.78, 5) is 27.0. The molecule has 1 aromatic heterocycles. The fraction of sp³-hybridized carbons (Fsp3) is 0.667. The van der Waals surface area contributed by atoms with Gasteiger partial charge in [0.15, 0.2) is 0 Å². The van der Waals surface area contributed by atoms with Crippen LogP contribution in [-0.2, 0) is 11.0 Å². The molecule has 1 saturated heterocycles. The Hall–Kier alpha value is -1.91. The minimum absolute atomic E-state index is 0.122. The lowest BCUT2D eigenvalue weighted by molar-refractivity contribution is -0.138. The van der Waals surface area contributed by atoms with E-state index in [0.717, 1.165) is 0 Å². The predicted molar refractivity (Wildman–Crippen MR) is 76.9 cm³/mol. The number of aromatic nitrogens is 2. The summed E-state index contributed by atoms with van der Waals surface area (Å²) in [6, 6.07) is -0.122. The van der Waals surface area contributed by atoms with Gasteiger partial charge in [0.1, 0.15) is 0 Å². The summed E-state index contributed by atoms with van der Waals surface area (Å²) in [7, 11) is 3.30. The maximum Gasteiger partial charge on any atom is 0.445 e. The van der Waals surface area contributed by atoms with E-state index in [1.165, 1.54) is 4.90 Å². The SMILES string of the molecule is CN(C)C(=O)N1CCC(C(=O)Nc2nnc(C(F)(F)F)s2)CC1. The van der Waals surface area contributed by atoms with Crippen LogP contribution < -0.4 is 5.32 Å². The third kappa shape index (κ3) is 4.30. The van der Waals surface area contributed by atoms with E-state index in [0.29, 0.717) is 37.3 Å². The molecule has 0 bridgehead atoms. The van der Waals surface area contributed by atoms with Crippen molar-refractivity contribution >= 4 is 28.4 Å². The maximum atomic E-state index is 12.4. The lowest BCUT2D eigenvalue weighted by Gasteiger charge is -2.32. The number of nitrogens with one attached hydrogen (secondary N) is 1. The van der Waals surface area contributed by atoms with E-state index in [1.54, 1.807) is 19.0 Å². The van der Waals surface area contributed by atoms with Gasteiger partial charge >= 0.3 is 12.2 Å². The summed E-state index contributed by atoms with van der Waals surface area (Å²) >= 11 is 0.291. The number of carbonyl (C=O) groups excluding carboxylic acids is 2. The van der Waals surface area contributed by atoms with Gasteiger partial charge in [0.05, 0.1) is 0 Å². The van der Waals surface area contributed by atoms with Crippen LogP contribution in [-0.4, -0.2) is 59.1 Å². The van der Waals surface area contributed by atoms with Crippen molar-refractivity contribution in [2.24, 2.45) is 5.92 Å². The molecule has 128 valence electrons. The van der Waals surface area contributed by atoms with Crippen molar-refractivity contribution < 1.29 is 22.8 Å². The van der Waals surface area contributed by atoms with Crippen LogP contribution in [0.3, 0.4) is 0 Å². The van der Waals surface area contributed by atoms with E-state index in [4.69, 9.17) is 0 Å². The molecule has 0 saturated carbocycles. The smallest absolute Gasteiger partial charge is 0.331 e. The second-order valence-electron chi connectivity index (χ2n) is 5.34. The highest BCUT2D eigenvalue weighted by molar-refractivity contribution is 7.15. The van der Waals surface area contributed by atoms with Crippen LogP contribution in [0, 0.1) is 5.92 Å². The molecular formula is C12H16F3N5O2S. The molecule has 0 aliphatic carbocycles. The summed E-state index contributed by atoms with van der Waals surface area (Å²) in [6.07, 6.45) is -3.66. The quantitative estimate of drug-likeness (QED) is 0.883. The maximum absolute atomic E-state index is 12.4. The Morgan fingerprint density at radius 3 is 2.35 bits per heavy atom. The molecule has 0 radical (unpaired) electrons. The molecular weight excluding hydrogens is 335 g/mol. The number of likely N-dealkylation sites (tertiary alicyclic amines) is 1. The number of halogens is 3. The molecule has 0 aromatic carbocycles. The first-order valence-corrected chi connectivity index (χ1v) is 7.68. The Morgan fingerprint density at radius 1 is 1.26 bits per heavy atom. The highest BCUT2D eigenvalue weighted by Crippen LogP contribution is 2.33. The number of urea groups is 1. The molecule has 2 rings (SSSR count). The summed E-state index contributed by atoms with van der Waals surface area (Å²) in [5.41, 5.74) is 0. The number of piperidine rings is 1. The first-order valence-electron chi connectivity index (χ1n) is 6.86. The average molecular weight is 351 g/mol. The lowest BCUT2D eigenvalue weighted by atomic mass is 9.96. The minimum Gasteiger partial charge on any atom is -0.331 e. The zero-order chi connectivity index (χ0) is 17.2. The lowest BCUT2D eigenvalue weighted by Crippen LogP contribution is -2.45. The zero-order valence-corrected chi connectivity index (χ0v) is 13.4. The van der Waals surface area contributed by atoms with Crippen LogP contribution in [0.25, 0.3) is 0 Å². The highest BCUT2D eigenvalue weighted by Gasteiger charge is 2.36. The Bertz CT molecular complexity index is 581. The summed E-state index contributed by atoms with van der Waals surface area (Å²) in [6.45, 7) is 0.859. The normalized spacial score (nSPS) is 16.3. The Morgan fingerprint density at radius 2 is 1.87 bits per heavy atom. The number of rotatable bonds is 2. The molecule has 0 unspecified atom stereocenters. The molecule has 1 N–H and O–H groups in total. The first-order chi connectivity index (χ1) is 10.7. The molecule has 1 aromatic rings. The van der Waals surface area contributed by atoms with Crippen molar-refractivity contribution in [1.29, 1.82) is 0 Å². The molecule has 3 amide bonds. The number of amides is 3. The molecule has 1 aliphatic heterocycles. The number of hydrogen-bond acceptors (Lipinski definition) is 5. The van der Waals surface area contributed by atoms with Gasteiger partial charge in [-0.1, -0.05) is 11.3 Å². The van der Waals surface area contributed by atoms with E-state index in [1.807, 2.05) is 0 Å². The van der Waals surface area contributed by atoms with Gasteiger partial charge in [-0.15, -0.1) is 10.2 Å².